The van der Waals surface area contributed by atoms with Gasteiger partial charge in [-0.3, -0.25) is 14.8 Å². The minimum absolute atomic E-state index is 0.168. The Hall–Kier alpha value is -2.89. The van der Waals surface area contributed by atoms with E-state index in [2.05, 4.69) is 0 Å². The second kappa shape index (κ2) is 8.82. The van der Waals surface area contributed by atoms with Gasteiger partial charge in [0.15, 0.2) is 5.78 Å². The highest BCUT2D eigenvalue weighted by atomic mass is 35.5. The molecule has 25 heavy (non-hydrogen) atoms. The fourth-order valence-electron chi connectivity index (χ4n) is 2.03. The molecule has 0 aliphatic heterocycles. The molecule has 0 aliphatic carbocycles. The second-order valence-corrected chi connectivity index (χ2v) is 5.43. The van der Waals surface area contributed by atoms with Crippen LogP contribution in [0.4, 0.5) is 0 Å². The summed E-state index contributed by atoms with van der Waals surface area (Å²) in [7, 11) is 1.54. The average molecular weight is 358 g/mol. The molecule has 0 bridgehead atoms. The molecule has 0 radical (unpaired) electrons. The number of halogens is 1. The highest BCUT2D eigenvalue weighted by molar-refractivity contribution is 6.32. The first-order chi connectivity index (χ1) is 12.0. The van der Waals surface area contributed by atoms with Crippen molar-refractivity contribution in [2.45, 2.75) is 0 Å². The zero-order chi connectivity index (χ0) is 18.2. The largest absolute Gasteiger partial charge is 0.497 e. The van der Waals surface area contributed by atoms with Crippen LogP contribution in [0.2, 0.25) is 5.02 Å². The quantitative estimate of drug-likeness (QED) is 0.357. The van der Waals surface area contributed by atoms with Gasteiger partial charge in [-0.1, -0.05) is 35.9 Å². The van der Waals surface area contributed by atoms with Crippen LogP contribution in [-0.4, -0.2) is 24.0 Å². The standard InChI is InChI=1S/C19H16ClNO4/c1-25-16-4-2-3-15(12-16)18(22)9-8-14-7-5-13(11-17(14)20)6-10-19(23)21-24/h2-12,24H,1H3,(H,21,23). The predicted molar refractivity (Wildman–Crippen MR) is 96.8 cm³/mol. The molecule has 128 valence electrons. The number of hydrogen-bond acceptors (Lipinski definition) is 4. The molecule has 0 fully saturated rings. The van der Waals surface area contributed by atoms with Crippen molar-refractivity contribution in [3.05, 3.63) is 76.3 Å². The SMILES string of the molecule is COc1cccc(C(=O)C=Cc2ccc(C=CC(=O)NO)cc2Cl)c1. The highest BCUT2D eigenvalue weighted by Gasteiger charge is 2.04. The Kier molecular flexibility index (Phi) is 6.51. The number of rotatable bonds is 6. The van der Waals surface area contributed by atoms with Crippen LogP contribution in [0.15, 0.2) is 54.6 Å². The number of allylic oxidation sites excluding steroid dienone is 1. The smallest absolute Gasteiger partial charge is 0.267 e. The van der Waals surface area contributed by atoms with Crippen LogP contribution < -0.4 is 10.2 Å². The topological polar surface area (TPSA) is 75.6 Å². The highest BCUT2D eigenvalue weighted by Crippen LogP contribution is 2.21. The lowest BCUT2D eigenvalue weighted by atomic mass is 10.1. The van der Waals surface area contributed by atoms with Crippen molar-refractivity contribution in [3.8, 4) is 5.75 Å². The van der Waals surface area contributed by atoms with Crippen LogP contribution in [-0.2, 0) is 4.79 Å². The van der Waals surface area contributed by atoms with E-state index < -0.39 is 5.91 Å². The third-order valence-electron chi connectivity index (χ3n) is 3.33. The van der Waals surface area contributed by atoms with Crippen molar-refractivity contribution in [1.29, 1.82) is 0 Å². The monoisotopic (exact) mass is 357 g/mol. The van der Waals surface area contributed by atoms with Gasteiger partial charge < -0.3 is 4.74 Å². The number of benzene rings is 2. The van der Waals surface area contributed by atoms with Gasteiger partial charge >= 0.3 is 0 Å². The van der Waals surface area contributed by atoms with Gasteiger partial charge in [0, 0.05) is 16.7 Å². The second-order valence-electron chi connectivity index (χ2n) is 5.02. The molecular weight excluding hydrogens is 342 g/mol. The number of nitrogens with one attached hydrogen (secondary N) is 1. The number of carbonyl (C=O) groups is 2. The van der Waals surface area contributed by atoms with Crippen LogP contribution >= 0.6 is 11.6 Å². The van der Waals surface area contributed by atoms with E-state index in [4.69, 9.17) is 21.5 Å². The van der Waals surface area contributed by atoms with Gasteiger partial charge in [-0.25, -0.2) is 5.48 Å². The summed E-state index contributed by atoms with van der Waals surface area (Å²) in [6, 6.07) is 12.0. The maximum Gasteiger partial charge on any atom is 0.267 e. The first-order valence-corrected chi connectivity index (χ1v) is 7.69. The summed E-state index contributed by atoms with van der Waals surface area (Å²) < 4.78 is 5.10. The Morgan fingerprint density at radius 3 is 2.60 bits per heavy atom. The molecule has 2 aromatic carbocycles. The first-order valence-electron chi connectivity index (χ1n) is 7.31. The van der Waals surface area contributed by atoms with Gasteiger partial charge in [-0.2, -0.15) is 0 Å². The number of hydrogen-bond donors (Lipinski definition) is 2. The van der Waals surface area contributed by atoms with Crippen LogP contribution in [0.25, 0.3) is 12.2 Å². The van der Waals surface area contributed by atoms with E-state index in [1.54, 1.807) is 55.7 Å². The Labute approximate surface area is 150 Å². The molecular formula is C19H16ClNO4. The Balaban J connectivity index is 2.13. The van der Waals surface area contributed by atoms with E-state index in [9.17, 15) is 9.59 Å². The Morgan fingerprint density at radius 1 is 1.12 bits per heavy atom. The molecule has 6 heteroatoms. The van der Waals surface area contributed by atoms with E-state index in [0.29, 0.717) is 27.5 Å². The number of ketones is 1. The van der Waals surface area contributed by atoms with Crippen LogP contribution in [0.3, 0.4) is 0 Å². The molecule has 0 saturated heterocycles. The van der Waals surface area contributed by atoms with Gasteiger partial charge in [0.2, 0.25) is 0 Å². The number of ether oxygens (including phenoxy) is 1. The van der Waals surface area contributed by atoms with Crippen molar-refractivity contribution in [2.75, 3.05) is 7.11 Å². The molecule has 0 saturated carbocycles. The minimum atomic E-state index is -0.635. The number of hydroxylamine groups is 1. The molecule has 0 aromatic heterocycles. The van der Waals surface area contributed by atoms with E-state index in [1.807, 2.05) is 0 Å². The summed E-state index contributed by atoms with van der Waals surface area (Å²) in [5.41, 5.74) is 3.37. The molecule has 1 amide bonds. The zero-order valence-electron chi connectivity index (χ0n) is 13.4. The zero-order valence-corrected chi connectivity index (χ0v) is 14.2. The first kappa shape index (κ1) is 18.4. The summed E-state index contributed by atoms with van der Waals surface area (Å²) in [6.07, 6.45) is 5.74. The van der Waals surface area contributed by atoms with E-state index in [-0.39, 0.29) is 5.78 Å². The average Bonchev–Trinajstić information content (AvgIpc) is 2.65. The fourth-order valence-corrected chi connectivity index (χ4v) is 2.28. The molecule has 0 aliphatic rings. The summed E-state index contributed by atoms with van der Waals surface area (Å²) in [6.45, 7) is 0. The van der Waals surface area contributed by atoms with Crippen molar-refractivity contribution in [1.82, 2.24) is 5.48 Å². The summed E-state index contributed by atoms with van der Waals surface area (Å²) >= 11 is 6.19. The van der Waals surface area contributed by atoms with Crippen LogP contribution in [0, 0.1) is 0 Å². The van der Waals surface area contributed by atoms with Crippen molar-refractivity contribution < 1.29 is 19.5 Å². The summed E-state index contributed by atoms with van der Waals surface area (Å²) in [5.74, 6) is -0.192. The molecule has 2 N–H and O–H groups in total. The van der Waals surface area contributed by atoms with Gasteiger partial charge in [-0.15, -0.1) is 0 Å². The summed E-state index contributed by atoms with van der Waals surface area (Å²) in [4.78, 5) is 23.2. The van der Waals surface area contributed by atoms with E-state index >= 15 is 0 Å². The third-order valence-corrected chi connectivity index (χ3v) is 3.66. The molecule has 5 nitrogen and oxygen atoms in total. The van der Waals surface area contributed by atoms with E-state index in [1.165, 1.54) is 23.7 Å². The lowest BCUT2D eigenvalue weighted by Gasteiger charge is -2.02. The molecule has 0 spiro atoms. The van der Waals surface area contributed by atoms with E-state index in [0.717, 1.165) is 0 Å². The molecule has 0 heterocycles. The van der Waals surface area contributed by atoms with Gasteiger partial charge in [-0.05, 0) is 47.6 Å². The normalized spacial score (nSPS) is 11.0. The number of amides is 1. The number of methoxy groups -OCH3 is 1. The Bertz CT molecular complexity index is 843. The minimum Gasteiger partial charge on any atom is -0.497 e. The molecule has 0 atom stereocenters. The van der Waals surface area contributed by atoms with Crippen molar-refractivity contribution >= 4 is 35.4 Å². The number of carbonyl (C=O) groups excluding carboxylic acids is 2. The van der Waals surface area contributed by atoms with Gasteiger partial charge in [0.05, 0.1) is 7.11 Å². The summed E-state index contributed by atoms with van der Waals surface area (Å²) in [5, 5.41) is 8.87. The predicted octanol–water partition coefficient (Wildman–Crippen LogP) is 3.76. The Morgan fingerprint density at radius 2 is 1.92 bits per heavy atom. The molecule has 2 aromatic rings. The van der Waals surface area contributed by atoms with Gasteiger partial charge in [0.1, 0.15) is 5.75 Å². The third kappa shape index (κ3) is 5.31. The maximum absolute atomic E-state index is 12.2. The fraction of sp³-hybridized carbons (Fsp3) is 0.0526. The molecule has 0 unspecified atom stereocenters. The molecule has 2 rings (SSSR count). The lowest BCUT2D eigenvalue weighted by molar-refractivity contribution is -0.124. The maximum atomic E-state index is 12.2. The van der Waals surface area contributed by atoms with Crippen molar-refractivity contribution in [2.24, 2.45) is 0 Å². The van der Waals surface area contributed by atoms with Gasteiger partial charge in [0.25, 0.3) is 5.91 Å². The van der Waals surface area contributed by atoms with Crippen LogP contribution in [0.5, 0.6) is 5.75 Å². The van der Waals surface area contributed by atoms with Crippen molar-refractivity contribution in [3.63, 3.8) is 0 Å². The van der Waals surface area contributed by atoms with Crippen LogP contribution in [0.1, 0.15) is 21.5 Å². The lowest BCUT2D eigenvalue weighted by Crippen LogP contribution is -2.14.